The highest BCUT2D eigenvalue weighted by molar-refractivity contribution is 9.10. The van der Waals surface area contributed by atoms with Gasteiger partial charge in [0.2, 0.25) is 0 Å². The van der Waals surface area contributed by atoms with Crippen molar-refractivity contribution in [1.29, 1.82) is 0 Å². The van der Waals surface area contributed by atoms with Crippen molar-refractivity contribution in [2.75, 3.05) is 0 Å². The van der Waals surface area contributed by atoms with Crippen LogP contribution in [0.15, 0.2) is 88.2 Å². The zero-order valence-electron chi connectivity index (χ0n) is 14.9. The fraction of sp³-hybridized carbons (Fsp3) is 0.0870. The second-order valence-corrected chi connectivity index (χ2v) is 8.97. The van der Waals surface area contributed by atoms with E-state index in [9.17, 15) is 4.79 Å². The van der Waals surface area contributed by atoms with Gasteiger partial charge in [-0.2, -0.15) is 0 Å². The maximum absolute atomic E-state index is 13.2. The molecule has 1 atom stereocenters. The first kappa shape index (κ1) is 19.3. The van der Waals surface area contributed by atoms with E-state index >= 15 is 0 Å². The summed E-state index contributed by atoms with van der Waals surface area (Å²) in [5.74, 6) is 0.0525. The standard InChI is InChI=1S/C23H17BrClNOS/c24-19-10-6-16(7-11-19)14-21-22(27)26(15-17-4-2-1-3-5-17)23(28-21)18-8-12-20(25)13-9-18/h1-14,23H,15H2/b21-14+/t23-/m1/s1. The zero-order valence-corrected chi connectivity index (χ0v) is 18.0. The average molecular weight is 471 g/mol. The molecule has 2 nitrogen and oxygen atoms in total. The third kappa shape index (κ3) is 4.35. The number of carbonyl (C=O) groups is 1. The van der Waals surface area contributed by atoms with Crippen LogP contribution >= 0.6 is 39.3 Å². The highest BCUT2D eigenvalue weighted by Crippen LogP contribution is 2.47. The van der Waals surface area contributed by atoms with E-state index in [-0.39, 0.29) is 11.3 Å². The molecule has 0 unspecified atom stereocenters. The molecule has 0 aliphatic carbocycles. The van der Waals surface area contributed by atoms with Crippen molar-refractivity contribution in [2.24, 2.45) is 0 Å². The Morgan fingerprint density at radius 1 is 0.964 bits per heavy atom. The van der Waals surface area contributed by atoms with Crippen LogP contribution < -0.4 is 0 Å². The Morgan fingerprint density at radius 2 is 1.64 bits per heavy atom. The number of benzene rings is 3. The van der Waals surface area contributed by atoms with Gasteiger partial charge in [-0.1, -0.05) is 93.9 Å². The molecule has 4 rings (SSSR count). The van der Waals surface area contributed by atoms with Crippen LogP contribution in [-0.4, -0.2) is 10.8 Å². The summed E-state index contributed by atoms with van der Waals surface area (Å²) in [6.07, 6.45) is 1.97. The van der Waals surface area contributed by atoms with Crippen LogP contribution in [0.1, 0.15) is 22.1 Å². The highest BCUT2D eigenvalue weighted by atomic mass is 79.9. The van der Waals surface area contributed by atoms with E-state index in [0.29, 0.717) is 11.6 Å². The first-order valence-corrected chi connectivity index (χ1v) is 10.9. The lowest BCUT2D eigenvalue weighted by Gasteiger charge is -2.23. The van der Waals surface area contributed by atoms with Crippen LogP contribution in [0.5, 0.6) is 0 Å². The number of nitrogens with zero attached hydrogens (tertiary/aromatic N) is 1. The number of carbonyl (C=O) groups excluding carboxylic acids is 1. The molecule has 1 aliphatic rings. The maximum atomic E-state index is 13.2. The van der Waals surface area contributed by atoms with Gasteiger partial charge in [0.25, 0.3) is 5.91 Å². The van der Waals surface area contributed by atoms with Gasteiger partial charge in [0.15, 0.2) is 0 Å². The molecule has 0 spiro atoms. The fourth-order valence-electron chi connectivity index (χ4n) is 3.10. The van der Waals surface area contributed by atoms with Gasteiger partial charge < -0.3 is 4.90 Å². The lowest BCUT2D eigenvalue weighted by Crippen LogP contribution is -2.27. The maximum Gasteiger partial charge on any atom is 0.261 e. The van der Waals surface area contributed by atoms with Crippen molar-refractivity contribution in [1.82, 2.24) is 4.90 Å². The van der Waals surface area contributed by atoms with Crippen LogP contribution in [0.25, 0.3) is 6.08 Å². The lowest BCUT2D eigenvalue weighted by atomic mass is 10.1. The van der Waals surface area contributed by atoms with E-state index in [2.05, 4.69) is 15.9 Å². The highest BCUT2D eigenvalue weighted by Gasteiger charge is 2.37. The summed E-state index contributed by atoms with van der Waals surface area (Å²) < 4.78 is 1.02. The Morgan fingerprint density at radius 3 is 2.32 bits per heavy atom. The van der Waals surface area contributed by atoms with Gasteiger partial charge >= 0.3 is 0 Å². The summed E-state index contributed by atoms with van der Waals surface area (Å²) in [6.45, 7) is 0.567. The van der Waals surface area contributed by atoms with E-state index in [0.717, 1.165) is 26.1 Å². The quantitative estimate of drug-likeness (QED) is 0.386. The summed E-state index contributed by atoms with van der Waals surface area (Å²) in [4.78, 5) is 15.9. The monoisotopic (exact) mass is 469 g/mol. The van der Waals surface area contributed by atoms with E-state index in [1.807, 2.05) is 89.8 Å². The second kappa shape index (κ2) is 8.56. The summed E-state index contributed by atoms with van der Waals surface area (Å²) in [5.41, 5.74) is 3.19. The Bertz CT molecular complexity index is 1000. The summed E-state index contributed by atoms with van der Waals surface area (Å²) in [7, 11) is 0. The van der Waals surface area contributed by atoms with Crippen molar-refractivity contribution in [3.8, 4) is 0 Å². The van der Waals surface area contributed by atoms with Crippen molar-refractivity contribution < 1.29 is 4.79 Å². The van der Waals surface area contributed by atoms with Crippen LogP contribution in [0, 0.1) is 0 Å². The third-order valence-corrected chi connectivity index (χ3v) is 6.59. The van der Waals surface area contributed by atoms with Crippen LogP contribution in [0.4, 0.5) is 0 Å². The predicted molar refractivity (Wildman–Crippen MR) is 121 cm³/mol. The minimum Gasteiger partial charge on any atom is -0.317 e. The number of hydrogen-bond donors (Lipinski definition) is 0. The minimum atomic E-state index is -0.0772. The van der Waals surface area contributed by atoms with Crippen LogP contribution in [-0.2, 0) is 11.3 Å². The molecule has 1 amide bonds. The molecule has 0 aromatic heterocycles. The van der Waals surface area contributed by atoms with Crippen molar-refractivity contribution in [2.45, 2.75) is 11.9 Å². The number of thioether (sulfide) groups is 1. The van der Waals surface area contributed by atoms with Gasteiger partial charge in [-0.25, -0.2) is 0 Å². The number of halogens is 2. The number of hydrogen-bond acceptors (Lipinski definition) is 2. The number of amides is 1. The number of rotatable bonds is 4. The largest absolute Gasteiger partial charge is 0.317 e. The first-order valence-electron chi connectivity index (χ1n) is 8.84. The van der Waals surface area contributed by atoms with E-state index < -0.39 is 0 Å². The Labute approximate surface area is 182 Å². The van der Waals surface area contributed by atoms with Gasteiger partial charge in [0.1, 0.15) is 5.37 Å². The molecule has 3 aromatic rings. The summed E-state index contributed by atoms with van der Waals surface area (Å²) in [5, 5.41) is 0.616. The Kier molecular flexibility index (Phi) is 5.90. The Balaban J connectivity index is 1.68. The molecule has 0 bridgehead atoms. The zero-order chi connectivity index (χ0) is 19.5. The topological polar surface area (TPSA) is 20.3 Å². The SMILES string of the molecule is O=C1/C(=C\c2ccc(Br)cc2)S[C@H](c2ccc(Cl)cc2)N1Cc1ccccc1. The fourth-order valence-corrected chi connectivity index (χ4v) is 4.74. The van der Waals surface area contributed by atoms with Gasteiger partial charge in [0, 0.05) is 16.0 Å². The van der Waals surface area contributed by atoms with Crippen molar-refractivity contribution in [3.05, 3.63) is 110 Å². The molecular formula is C23H17BrClNOS. The second-order valence-electron chi connectivity index (χ2n) is 6.50. The van der Waals surface area contributed by atoms with E-state index in [4.69, 9.17) is 11.6 Å². The molecule has 5 heteroatoms. The average Bonchev–Trinajstić information content (AvgIpc) is 3.01. The van der Waals surface area contributed by atoms with Crippen molar-refractivity contribution >= 4 is 51.3 Å². The minimum absolute atomic E-state index is 0.0525. The van der Waals surface area contributed by atoms with Gasteiger partial charge in [-0.15, -0.1) is 0 Å². The molecule has 0 radical (unpaired) electrons. The van der Waals surface area contributed by atoms with Gasteiger partial charge in [-0.05, 0) is 47.0 Å². The van der Waals surface area contributed by atoms with E-state index in [1.165, 1.54) is 0 Å². The van der Waals surface area contributed by atoms with E-state index in [1.54, 1.807) is 11.8 Å². The molecule has 3 aromatic carbocycles. The van der Waals surface area contributed by atoms with Gasteiger partial charge in [0.05, 0.1) is 4.91 Å². The van der Waals surface area contributed by atoms with Gasteiger partial charge in [-0.3, -0.25) is 4.79 Å². The summed E-state index contributed by atoms with van der Waals surface area (Å²) in [6, 6.07) is 25.8. The predicted octanol–water partition coefficient (Wildman–Crippen LogP) is 6.92. The third-order valence-electron chi connectivity index (χ3n) is 4.51. The normalized spacial score (nSPS) is 18.1. The smallest absolute Gasteiger partial charge is 0.261 e. The Hall–Kier alpha value is -2.01. The molecule has 0 saturated carbocycles. The molecule has 0 N–H and O–H groups in total. The first-order chi connectivity index (χ1) is 13.6. The van der Waals surface area contributed by atoms with Crippen LogP contribution in [0.3, 0.4) is 0 Å². The molecule has 1 saturated heterocycles. The molecule has 1 heterocycles. The lowest BCUT2D eigenvalue weighted by molar-refractivity contribution is -0.126. The molecular weight excluding hydrogens is 454 g/mol. The molecule has 1 fully saturated rings. The summed E-state index contributed by atoms with van der Waals surface area (Å²) >= 11 is 11.1. The van der Waals surface area contributed by atoms with Crippen LogP contribution in [0.2, 0.25) is 5.02 Å². The molecule has 1 aliphatic heterocycles. The molecule has 28 heavy (non-hydrogen) atoms. The van der Waals surface area contributed by atoms with Crippen molar-refractivity contribution in [3.63, 3.8) is 0 Å². The molecule has 140 valence electrons.